The van der Waals surface area contributed by atoms with Crippen LogP contribution in [0.4, 0.5) is 5.69 Å². The fraction of sp³-hybridized carbons (Fsp3) is 0.400. The molecule has 0 saturated heterocycles. The SMILES string of the molecule is CSCC[C@H](Nc1cccnc1)C(=O)O. The third kappa shape index (κ3) is 4.20. The van der Waals surface area contributed by atoms with E-state index in [0.717, 1.165) is 11.4 Å². The molecule has 0 radical (unpaired) electrons. The molecule has 0 unspecified atom stereocenters. The molecule has 1 aromatic rings. The predicted octanol–water partition coefficient (Wildman–Crippen LogP) is 1.70. The molecule has 0 aliphatic rings. The van der Waals surface area contributed by atoms with Crippen molar-refractivity contribution in [1.29, 1.82) is 0 Å². The van der Waals surface area contributed by atoms with Crippen LogP contribution in [-0.4, -0.2) is 34.1 Å². The second kappa shape index (κ2) is 6.29. The highest BCUT2D eigenvalue weighted by Gasteiger charge is 2.16. The lowest BCUT2D eigenvalue weighted by Crippen LogP contribution is -2.29. The van der Waals surface area contributed by atoms with E-state index < -0.39 is 12.0 Å². The molecule has 0 aliphatic heterocycles. The summed E-state index contributed by atoms with van der Waals surface area (Å²) in [6, 6.07) is 3.04. The predicted molar refractivity (Wildman–Crippen MR) is 62.3 cm³/mol. The van der Waals surface area contributed by atoms with Gasteiger partial charge in [-0.3, -0.25) is 4.98 Å². The van der Waals surface area contributed by atoms with Crippen LogP contribution in [0.15, 0.2) is 24.5 Å². The van der Waals surface area contributed by atoms with Crippen LogP contribution in [0.3, 0.4) is 0 Å². The van der Waals surface area contributed by atoms with Crippen molar-refractivity contribution in [2.45, 2.75) is 12.5 Å². The van der Waals surface area contributed by atoms with Gasteiger partial charge in [-0.25, -0.2) is 4.79 Å². The van der Waals surface area contributed by atoms with Gasteiger partial charge in [0.15, 0.2) is 0 Å². The fourth-order valence-corrected chi connectivity index (χ4v) is 1.61. The smallest absolute Gasteiger partial charge is 0.326 e. The van der Waals surface area contributed by atoms with Crippen LogP contribution in [0, 0.1) is 0 Å². The van der Waals surface area contributed by atoms with Gasteiger partial charge in [-0.15, -0.1) is 0 Å². The maximum absolute atomic E-state index is 10.9. The average molecular weight is 226 g/mol. The van der Waals surface area contributed by atoms with Crippen molar-refractivity contribution >= 4 is 23.4 Å². The Bertz CT molecular complexity index is 306. The highest BCUT2D eigenvalue weighted by molar-refractivity contribution is 7.98. The molecule has 5 heteroatoms. The number of rotatable bonds is 6. The molecular weight excluding hydrogens is 212 g/mol. The first-order valence-corrected chi connectivity index (χ1v) is 6.01. The van der Waals surface area contributed by atoms with E-state index in [2.05, 4.69) is 10.3 Å². The summed E-state index contributed by atoms with van der Waals surface area (Å²) in [6.07, 6.45) is 5.84. The third-order valence-electron chi connectivity index (χ3n) is 1.91. The van der Waals surface area contributed by atoms with Gasteiger partial charge in [0.1, 0.15) is 6.04 Å². The summed E-state index contributed by atoms with van der Waals surface area (Å²) in [6.45, 7) is 0. The summed E-state index contributed by atoms with van der Waals surface area (Å²) in [5, 5.41) is 11.9. The van der Waals surface area contributed by atoms with Crippen LogP contribution in [0.5, 0.6) is 0 Å². The quantitative estimate of drug-likeness (QED) is 0.773. The van der Waals surface area contributed by atoms with Gasteiger partial charge in [-0.05, 0) is 30.6 Å². The van der Waals surface area contributed by atoms with Crippen LogP contribution in [-0.2, 0) is 4.79 Å². The van der Waals surface area contributed by atoms with E-state index in [9.17, 15) is 4.79 Å². The highest BCUT2D eigenvalue weighted by atomic mass is 32.2. The zero-order valence-corrected chi connectivity index (χ0v) is 9.33. The van der Waals surface area contributed by atoms with Gasteiger partial charge in [0.05, 0.1) is 5.69 Å². The number of carbonyl (C=O) groups is 1. The van der Waals surface area contributed by atoms with Crippen molar-refractivity contribution in [3.63, 3.8) is 0 Å². The maximum Gasteiger partial charge on any atom is 0.326 e. The molecule has 1 heterocycles. The van der Waals surface area contributed by atoms with E-state index in [1.54, 1.807) is 30.2 Å². The lowest BCUT2D eigenvalue weighted by molar-refractivity contribution is -0.137. The minimum Gasteiger partial charge on any atom is -0.480 e. The van der Waals surface area contributed by atoms with Crippen LogP contribution in [0.1, 0.15) is 6.42 Å². The Morgan fingerprint density at radius 2 is 2.53 bits per heavy atom. The average Bonchev–Trinajstić information content (AvgIpc) is 2.25. The molecule has 4 nitrogen and oxygen atoms in total. The second-order valence-electron chi connectivity index (χ2n) is 3.06. The number of carboxylic acids is 1. The Labute approximate surface area is 93.1 Å². The van der Waals surface area contributed by atoms with Crippen LogP contribution < -0.4 is 5.32 Å². The van der Waals surface area contributed by atoms with Crippen LogP contribution >= 0.6 is 11.8 Å². The maximum atomic E-state index is 10.9. The van der Waals surface area contributed by atoms with Crippen molar-refractivity contribution in [3.8, 4) is 0 Å². The molecule has 0 aliphatic carbocycles. The van der Waals surface area contributed by atoms with E-state index in [4.69, 9.17) is 5.11 Å². The van der Waals surface area contributed by atoms with E-state index >= 15 is 0 Å². The van der Waals surface area contributed by atoms with Crippen molar-refractivity contribution < 1.29 is 9.90 Å². The minimum absolute atomic E-state index is 0.540. The zero-order chi connectivity index (χ0) is 11.1. The Morgan fingerprint density at radius 1 is 1.73 bits per heavy atom. The molecule has 0 amide bonds. The number of thioether (sulfide) groups is 1. The molecule has 0 aromatic carbocycles. The topological polar surface area (TPSA) is 62.2 Å². The van der Waals surface area contributed by atoms with Crippen molar-refractivity contribution in [3.05, 3.63) is 24.5 Å². The summed E-state index contributed by atoms with van der Waals surface area (Å²) in [4.78, 5) is 14.8. The van der Waals surface area contributed by atoms with Gasteiger partial charge in [0.25, 0.3) is 0 Å². The molecule has 0 saturated carbocycles. The molecule has 82 valence electrons. The number of pyridine rings is 1. The van der Waals surface area contributed by atoms with Crippen molar-refractivity contribution in [2.24, 2.45) is 0 Å². The molecule has 2 N–H and O–H groups in total. The Kier molecular flexibility index (Phi) is 4.97. The van der Waals surface area contributed by atoms with Crippen LogP contribution in [0.25, 0.3) is 0 Å². The Balaban J connectivity index is 2.55. The molecule has 0 bridgehead atoms. The molecule has 1 aromatic heterocycles. The minimum atomic E-state index is -0.826. The molecule has 1 atom stereocenters. The first-order valence-electron chi connectivity index (χ1n) is 4.62. The monoisotopic (exact) mass is 226 g/mol. The number of nitrogens with zero attached hydrogens (tertiary/aromatic N) is 1. The first kappa shape index (κ1) is 11.8. The summed E-state index contributed by atoms with van der Waals surface area (Å²) in [5.74, 6) is -0.00238. The van der Waals surface area contributed by atoms with E-state index in [1.165, 1.54) is 0 Å². The molecule has 1 rings (SSSR count). The lowest BCUT2D eigenvalue weighted by Gasteiger charge is -2.14. The molecular formula is C10H14N2O2S. The second-order valence-corrected chi connectivity index (χ2v) is 4.04. The van der Waals surface area contributed by atoms with Gasteiger partial charge in [-0.2, -0.15) is 11.8 Å². The lowest BCUT2D eigenvalue weighted by atomic mass is 10.2. The summed E-state index contributed by atoms with van der Waals surface area (Å²) in [5.41, 5.74) is 0.742. The number of aliphatic carboxylic acids is 1. The summed E-state index contributed by atoms with van der Waals surface area (Å²) in [7, 11) is 0. The number of nitrogens with one attached hydrogen (secondary N) is 1. The van der Waals surface area contributed by atoms with Crippen LogP contribution in [0.2, 0.25) is 0 Å². The van der Waals surface area contributed by atoms with E-state index in [1.807, 2.05) is 12.3 Å². The van der Waals surface area contributed by atoms with Gasteiger partial charge < -0.3 is 10.4 Å². The highest BCUT2D eigenvalue weighted by Crippen LogP contribution is 2.09. The third-order valence-corrected chi connectivity index (χ3v) is 2.56. The largest absolute Gasteiger partial charge is 0.480 e. The number of anilines is 1. The van der Waals surface area contributed by atoms with Gasteiger partial charge in [0.2, 0.25) is 0 Å². The summed E-state index contributed by atoms with van der Waals surface area (Å²) >= 11 is 1.64. The first-order chi connectivity index (χ1) is 7.24. The van der Waals surface area contributed by atoms with Crippen molar-refractivity contribution in [1.82, 2.24) is 4.98 Å². The number of hydrogen-bond acceptors (Lipinski definition) is 4. The van der Waals surface area contributed by atoms with E-state index in [0.29, 0.717) is 6.42 Å². The molecule has 0 spiro atoms. The summed E-state index contributed by atoms with van der Waals surface area (Å²) < 4.78 is 0. The van der Waals surface area contributed by atoms with E-state index in [-0.39, 0.29) is 0 Å². The van der Waals surface area contributed by atoms with Crippen molar-refractivity contribution in [2.75, 3.05) is 17.3 Å². The Hall–Kier alpha value is -1.23. The zero-order valence-electron chi connectivity index (χ0n) is 8.51. The number of hydrogen-bond donors (Lipinski definition) is 2. The Morgan fingerprint density at radius 3 is 3.07 bits per heavy atom. The number of carboxylic acid groups (broad SMARTS) is 1. The van der Waals surface area contributed by atoms with Gasteiger partial charge in [0, 0.05) is 12.4 Å². The normalized spacial score (nSPS) is 12.1. The van der Waals surface area contributed by atoms with Gasteiger partial charge >= 0.3 is 5.97 Å². The molecule has 15 heavy (non-hydrogen) atoms. The molecule has 0 fully saturated rings. The fourth-order valence-electron chi connectivity index (χ4n) is 1.14. The number of aromatic nitrogens is 1. The van der Waals surface area contributed by atoms with Gasteiger partial charge in [-0.1, -0.05) is 0 Å². The standard InChI is InChI=1S/C10H14N2O2S/c1-15-6-4-9(10(13)14)12-8-3-2-5-11-7-8/h2-3,5,7,9,12H,4,6H2,1H3,(H,13,14)/t9-/m0/s1.